The molecule has 0 radical (unpaired) electrons. The number of nitrogens with zero attached hydrogens (tertiary/aromatic N) is 1. The molecule has 1 heterocycles. The normalized spacial score (nSPS) is 10.4. The SMILES string of the molecule is COC(=O)Nc1nc2ccc(Sc3ccccc3)cc2[nH]1.COc1cc(C)c(C(=O)Oc2cc(C)c(O)c(C(=O)O)c2C)c(O)c1C=O. The third-order valence-electron chi connectivity index (χ3n) is 7.00. The number of aromatic carboxylic acids is 1. The molecule has 0 unspecified atom stereocenters. The molecule has 0 atom stereocenters. The standard InChI is InChI=1S/C19H18O8.C15H13N3O2S/c1-8-5-13(26-4)11(7-20)17(22)14(8)19(25)27-12-6-9(2)16(21)15(10(12)3)18(23)24;1-20-15(19)18-14-16-12-8-7-11(9-13(12)17-14)21-10-5-3-2-4-6-10/h5-7,21-22H,1-4H3,(H,23,24);2-9H,1H3,(H2,16,17,18,19). The van der Waals surface area contributed by atoms with Gasteiger partial charge in [-0.25, -0.2) is 19.4 Å². The molecule has 14 heteroatoms. The van der Waals surface area contributed by atoms with Gasteiger partial charge in [-0.15, -0.1) is 0 Å². The van der Waals surface area contributed by atoms with Gasteiger partial charge in [0, 0.05) is 15.4 Å². The van der Waals surface area contributed by atoms with Crippen LogP contribution >= 0.6 is 11.8 Å². The number of phenols is 2. The monoisotopic (exact) mass is 673 g/mol. The van der Waals surface area contributed by atoms with E-state index in [-0.39, 0.29) is 39.3 Å². The Hall–Kier alpha value is -6.02. The van der Waals surface area contributed by atoms with Crippen LogP contribution in [0.15, 0.2) is 70.5 Å². The highest BCUT2D eigenvalue weighted by Gasteiger charge is 2.26. The number of hydrogen-bond acceptors (Lipinski definition) is 11. The van der Waals surface area contributed by atoms with E-state index >= 15 is 0 Å². The van der Waals surface area contributed by atoms with Crippen molar-refractivity contribution in [2.45, 2.75) is 30.6 Å². The fraction of sp³-hybridized carbons (Fsp3) is 0.147. The molecule has 0 aliphatic carbocycles. The summed E-state index contributed by atoms with van der Waals surface area (Å²) >= 11 is 1.67. The quantitative estimate of drug-likeness (QED) is 0.0668. The van der Waals surface area contributed by atoms with E-state index in [0.717, 1.165) is 15.9 Å². The number of fused-ring (bicyclic) bond motifs is 1. The molecule has 248 valence electrons. The van der Waals surface area contributed by atoms with Crippen molar-refractivity contribution in [2.24, 2.45) is 0 Å². The Bertz CT molecular complexity index is 2030. The minimum atomic E-state index is -1.38. The molecule has 0 aliphatic heterocycles. The van der Waals surface area contributed by atoms with Crippen LogP contribution in [-0.2, 0) is 4.74 Å². The zero-order chi connectivity index (χ0) is 35.1. The number of H-pyrrole nitrogens is 1. The fourth-order valence-electron chi connectivity index (χ4n) is 4.60. The van der Waals surface area contributed by atoms with Gasteiger partial charge in [-0.05, 0) is 74.4 Å². The van der Waals surface area contributed by atoms with Crippen LogP contribution in [0.5, 0.6) is 23.0 Å². The zero-order valence-corrected chi connectivity index (χ0v) is 27.2. The minimum absolute atomic E-state index is 0.0419. The summed E-state index contributed by atoms with van der Waals surface area (Å²) in [7, 11) is 2.63. The number of carboxylic acids is 1. The summed E-state index contributed by atoms with van der Waals surface area (Å²) < 4.78 is 14.8. The molecule has 0 spiro atoms. The van der Waals surface area contributed by atoms with Gasteiger partial charge in [0.25, 0.3) is 0 Å². The summed E-state index contributed by atoms with van der Waals surface area (Å²) in [6.45, 7) is 4.35. The average molecular weight is 674 g/mol. The lowest BCUT2D eigenvalue weighted by atomic mass is 10.0. The number of hydrogen-bond donors (Lipinski definition) is 5. The molecule has 5 N–H and O–H groups in total. The molecule has 0 bridgehead atoms. The lowest BCUT2D eigenvalue weighted by molar-refractivity contribution is 0.0681. The van der Waals surface area contributed by atoms with Gasteiger partial charge in [0.1, 0.15) is 34.1 Å². The highest BCUT2D eigenvalue weighted by atomic mass is 32.2. The van der Waals surface area contributed by atoms with E-state index in [4.69, 9.17) is 9.47 Å². The Kier molecular flexibility index (Phi) is 10.9. The molecule has 5 aromatic rings. The molecular formula is C34H31N3O10S. The second kappa shape index (κ2) is 15.0. The molecule has 0 aliphatic rings. The van der Waals surface area contributed by atoms with E-state index in [0.29, 0.717) is 17.8 Å². The van der Waals surface area contributed by atoms with E-state index in [1.807, 2.05) is 36.4 Å². The number of aldehydes is 1. The molecule has 1 aromatic heterocycles. The number of aryl methyl sites for hydroxylation is 2. The van der Waals surface area contributed by atoms with Gasteiger partial charge >= 0.3 is 18.0 Å². The number of carbonyl (C=O) groups is 4. The van der Waals surface area contributed by atoms with Crippen molar-refractivity contribution in [2.75, 3.05) is 19.5 Å². The first-order valence-corrected chi connectivity index (χ1v) is 14.9. The number of benzene rings is 4. The van der Waals surface area contributed by atoms with Crippen LogP contribution in [0.4, 0.5) is 10.7 Å². The van der Waals surface area contributed by atoms with Gasteiger partial charge in [-0.1, -0.05) is 30.0 Å². The first-order chi connectivity index (χ1) is 22.9. The third kappa shape index (κ3) is 7.67. The second-order valence-electron chi connectivity index (χ2n) is 10.2. The van der Waals surface area contributed by atoms with Crippen LogP contribution in [0.3, 0.4) is 0 Å². The number of phenolic OH excluding ortho intramolecular Hbond substituents is 1. The molecule has 0 saturated carbocycles. The number of aromatic hydroxyl groups is 2. The number of methoxy groups -OCH3 is 2. The molecule has 1 amide bonds. The molecule has 0 saturated heterocycles. The van der Waals surface area contributed by atoms with Crippen molar-refractivity contribution in [1.82, 2.24) is 9.97 Å². The fourth-order valence-corrected chi connectivity index (χ4v) is 5.48. The summed E-state index contributed by atoms with van der Waals surface area (Å²) in [4.78, 5) is 56.0. The minimum Gasteiger partial charge on any atom is -0.507 e. The largest absolute Gasteiger partial charge is 0.507 e. The lowest BCUT2D eigenvalue weighted by Crippen LogP contribution is -2.14. The Morgan fingerprint density at radius 3 is 2.19 bits per heavy atom. The Morgan fingerprint density at radius 2 is 1.56 bits per heavy atom. The van der Waals surface area contributed by atoms with Crippen LogP contribution in [-0.4, -0.2) is 63.8 Å². The number of amides is 1. The highest BCUT2D eigenvalue weighted by Crippen LogP contribution is 2.36. The number of ether oxygens (including phenoxy) is 3. The van der Waals surface area contributed by atoms with E-state index in [2.05, 4.69) is 32.2 Å². The second-order valence-corrected chi connectivity index (χ2v) is 11.3. The predicted octanol–water partition coefficient (Wildman–Crippen LogP) is 6.65. The maximum absolute atomic E-state index is 12.6. The average Bonchev–Trinajstić information content (AvgIpc) is 3.45. The topological polar surface area (TPSA) is 197 Å². The number of aromatic amines is 1. The number of nitrogens with one attached hydrogen (secondary N) is 2. The summed E-state index contributed by atoms with van der Waals surface area (Å²) in [6.07, 6.45) is -0.198. The first-order valence-electron chi connectivity index (χ1n) is 14.1. The smallest absolute Gasteiger partial charge is 0.413 e. The predicted molar refractivity (Wildman–Crippen MR) is 177 cm³/mol. The number of rotatable bonds is 8. The summed E-state index contributed by atoms with van der Waals surface area (Å²) in [5.41, 5.74) is 1.35. The molecule has 13 nitrogen and oxygen atoms in total. The van der Waals surface area contributed by atoms with Crippen molar-refractivity contribution < 1.29 is 48.7 Å². The van der Waals surface area contributed by atoms with Gasteiger partial charge in [0.05, 0.1) is 30.8 Å². The molecule has 5 rings (SSSR count). The summed E-state index contributed by atoms with van der Waals surface area (Å²) in [6, 6.07) is 18.8. The summed E-state index contributed by atoms with van der Waals surface area (Å²) in [5.74, 6) is -3.00. The van der Waals surface area contributed by atoms with Crippen molar-refractivity contribution in [3.8, 4) is 23.0 Å². The van der Waals surface area contributed by atoms with Crippen LogP contribution in [0.1, 0.15) is 47.8 Å². The van der Waals surface area contributed by atoms with Gasteiger partial charge in [0.15, 0.2) is 6.29 Å². The highest BCUT2D eigenvalue weighted by molar-refractivity contribution is 7.99. The number of carboxylic acid groups (broad SMARTS) is 1. The maximum Gasteiger partial charge on any atom is 0.413 e. The Balaban J connectivity index is 0.000000223. The van der Waals surface area contributed by atoms with Gasteiger partial charge in [0.2, 0.25) is 5.95 Å². The van der Waals surface area contributed by atoms with Crippen LogP contribution < -0.4 is 14.8 Å². The van der Waals surface area contributed by atoms with Crippen molar-refractivity contribution in [3.63, 3.8) is 0 Å². The third-order valence-corrected chi connectivity index (χ3v) is 8.00. The van der Waals surface area contributed by atoms with Crippen LogP contribution in [0.25, 0.3) is 11.0 Å². The number of esters is 1. The number of anilines is 1. The van der Waals surface area contributed by atoms with E-state index in [1.165, 1.54) is 52.0 Å². The molecule has 4 aromatic carbocycles. The molecule has 0 fully saturated rings. The number of imidazole rings is 1. The van der Waals surface area contributed by atoms with Crippen LogP contribution in [0.2, 0.25) is 0 Å². The van der Waals surface area contributed by atoms with E-state index in [9.17, 15) is 34.5 Å². The van der Waals surface area contributed by atoms with Gasteiger partial charge < -0.3 is 34.5 Å². The maximum atomic E-state index is 12.6. The van der Waals surface area contributed by atoms with E-state index in [1.54, 1.807) is 11.8 Å². The van der Waals surface area contributed by atoms with E-state index < -0.39 is 29.5 Å². The Labute approximate surface area is 278 Å². The Morgan fingerprint density at radius 1 is 0.875 bits per heavy atom. The number of carbonyl (C=O) groups excluding carboxylic acids is 3. The lowest BCUT2D eigenvalue weighted by Gasteiger charge is -2.16. The number of aromatic nitrogens is 2. The van der Waals surface area contributed by atoms with Crippen molar-refractivity contribution >= 4 is 53.1 Å². The van der Waals surface area contributed by atoms with Gasteiger partial charge in [-0.3, -0.25) is 10.1 Å². The first kappa shape index (κ1) is 34.8. The van der Waals surface area contributed by atoms with Crippen LogP contribution in [0, 0.1) is 20.8 Å². The molecular weight excluding hydrogens is 642 g/mol. The van der Waals surface area contributed by atoms with Gasteiger partial charge in [-0.2, -0.15) is 0 Å². The molecule has 48 heavy (non-hydrogen) atoms. The zero-order valence-electron chi connectivity index (χ0n) is 26.4. The summed E-state index contributed by atoms with van der Waals surface area (Å²) in [5, 5.41) is 32.0. The van der Waals surface area contributed by atoms with Crippen molar-refractivity contribution in [3.05, 3.63) is 94.0 Å². The van der Waals surface area contributed by atoms with Crippen molar-refractivity contribution in [1.29, 1.82) is 0 Å².